The number of ether oxygens (including phenoxy) is 7. The van der Waals surface area contributed by atoms with Crippen LogP contribution >= 0.6 is 11.8 Å². The molecule has 0 radical (unpaired) electrons. The number of aliphatic carboxylic acids is 1. The molecule has 0 fully saturated rings. The monoisotopic (exact) mass is 1980 g/mol. The van der Waals surface area contributed by atoms with Gasteiger partial charge in [-0.05, 0) is 200 Å². The standard InChI is InChI=1S/C106H198N10O21S/c1-19-22-25-28-31-34-37-40-43-45-48-51-54-57-72-90(118)131-78-82(133-91(119)73-58-55-52-49-46-42-39-36-33-30-27-24-21-3)80-138-81-88(111-89(117)71-56-53-50-47-44-41-38-35-32-29-26-23-20-2)96(124)116-87(79-132-102(4,5)6)95(123)114-84(68-60-64-75-108-99(128)135-104(10,11)12)93(121)112-83(67-59-63-74-107-98(127)134-103(7,8)9)92(120)113-85(69-61-65-76-109-100(129)136-105(13,14)15)94(122)115-86(97(125)126)70-62-66-77-110-101(130)137-106(16,17)18/h82-88H,19-81H2,1-18H3,(H,107,127)(H,108,128)(H,109,129)(H,110,130)(H,111,117)(H,112,121)(H,113,120)(H,114,123)(H,115,122)(H,116,124)(H,125,126)/t82?,83-,84-,85-,86-,87-,88-/m0/s1. The van der Waals surface area contributed by atoms with Crippen molar-refractivity contribution in [1.82, 2.24) is 53.2 Å². The molecule has 0 aromatic carbocycles. The number of unbranched alkanes of at least 4 members (excludes halogenated alkanes) is 41. The smallest absolute Gasteiger partial charge is 0.407 e. The molecule has 0 saturated carbocycles. The van der Waals surface area contributed by atoms with Crippen molar-refractivity contribution in [1.29, 1.82) is 0 Å². The van der Waals surface area contributed by atoms with Crippen LogP contribution in [0.2, 0.25) is 0 Å². The van der Waals surface area contributed by atoms with E-state index in [1.165, 1.54) is 166 Å². The molecule has 0 aromatic heterocycles. The van der Waals surface area contributed by atoms with Crippen LogP contribution in [0.4, 0.5) is 19.2 Å². The number of carboxylic acid groups (broad SMARTS) is 1. The number of esters is 2. The van der Waals surface area contributed by atoms with Crippen molar-refractivity contribution in [3.63, 3.8) is 0 Å². The molecule has 0 aliphatic rings. The molecule has 0 spiro atoms. The molecule has 0 heterocycles. The molecule has 10 amide bonds. The number of rotatable bonds is 84. The van der Waals surface area contributed by atoms with Gasteiger partial charge in [0.05, 0.1) is 12.2 Å². The minimum atomic E-state index is -1.57. The average molecular weight is 1980 g/mol. The average Bonchev–Trinajstić information content (AvgIpc) is 0.851. The SMILES string of the molecule is CCCCCCCCCCCCCCCCC(=O)OCC(CSC[C@H](NC(=O)CCCCCCCCCCCCCCC)C(=O)N[C@@H](COC(C)(C)C)C(=O)N[C@@H](CCCCNC(=O)OC(C)(C)C)C(=O)N[C@@H](CCCCNC(=O)OC(C)(C)C)C(=O)N[C@@H](CCCCNC(=O)OC(C)(C)C)C(=O)N[C@@H](CCCCNC(=O)OC(C)(C)C)C(=O)O)OC(=O)CCCCCCCCCCCCCCC. The summed E-state index contributed by atoms with van der Waals surface area (Å²) >= 11 is 1.20. The Balaban J connectivity index is 7.90. The molecule has 31 nitrogen and oxygen atoms in total. The first-order valence-electron chi connectivity index (χ1n) is 53.8. The van der Waals surface area contributed by atoms with E-state index in [0.29, 0.717) is 25.7 Å². The first-order chi connectivity index (χ1) is 65.4. The Hall–Kier alpha value is -7.38. The third-order valence-electron chi connectivity index (χ3n) is 22.9. The Bertz CT molecular complexity index is 3280. The van der Waals surface area contributed by atoms with Gasteiger partial charge in [-0.2, -0.15) is 11.8 Å². The highest BCUT2D eigenvalue weighted by Gasteiger charge is 2.36. The molecule has 7 atom stereocenters. The Morgan fingerprint density at radius 2 is 0.514 bits per heavy atom. The topological polar surface area (TPSA) is 427 Å². The molecule has 0 aliphatic heterocycles. The quantitative estimate of drug-likeness (QED) is 0.0153. The minimum Gasteiger partial charge on any atom is -0.480 e. The Kier molecular flexibility index (Phi) is 75.8. The summed E-state index contributed by atoms with van der Waals surface area (Å²) in [6, 6.07) is -8.80. The van der Waals surface area contributed by atoms with Gasteiger partial charge in [-0.25, -0.2) is 24.0 Å². The number of carbonyl (C=O) groups is 13. The molecule has 32 heteroatoms. The Labute approximate surface area is 837 Å². The van der Waals surface area contributed by atoms with E-state index in [0.717, 1.165) is 83.5 Å². The highest BCUT2D eigenvalue weighted by Crippen LogP contribution is 2.22. The lowest BCUT2D eigenvalue weighted by molar-refractivity contribution is -0.157. The summed E-state index contributed by atoms with van der Waals surface area (Å²) < 4.78 is 39.9. The fourth-order valence-corrected chi connectivity index (χ4v) is 16.3. The summed E-state index contributed by atoms with van der Waals surface area (Å²) in [5, 5.41) is 38.0. The van der Waals surface area contributed by atoms with Crippen LogP contribution in [0.25, 0.3) is 0 Å². The van der Waals surface area contributed by atoms with Crippen molar-refractivity contribution >= 4 is 89.5 Å². The summed E-state index contributed by atoms with van der Waals surface area (Å²) in [4.78, 5) is 181. The summed E-state index contributed by atoms with van der Waals surface area (Å²) in [5.41, 5.74) is -4.12. The molecular weight excluding hydrogens is 1780 g/mol. The Morgan fingerprint density at radius 1 is 0.261 bits per heavy atom. The lowest BCUT2D eigenvalue weighted by atomic mass is 10.0. The van der Waals surface area contributed by atoms with Gasteiger partial charge in [0.2, 0.25) is 35.4 Å². The molecule has 804 valence electrons. The summed E-state index contributed by atoms with van der Waals surface area (Å²) in [6.45, 7) is 32.2. The van der Waals surface area contributed by atoms with E-state index in [-0.39, 0.29) is 134 Å². The van der Waals surface area contributed by atoms with Crippen molar-refractivity contribution in [2.24, 2.45) is 0 Å². The molecule has 138 heavy (non-hydrogen) atoms. The van der Waals surface area contributed by atoms with Crippen LogP contribution in [-0.2, 0) is 76.3 Å². The Morgan fingerprint density at radius 3 is 0.804 bits per heavy atom. The van der Waals surface area contributed by atoms with Gasteiger partial charge in [0.1, 0.15) is 71.4 Å². The molecule has 11 N–H and O–H groups in total. The molecule has 0 rings (SSSR count). The van der Waals surface area contributed by atoms with Gasteiger partial charge in [0, 0.05) is 56.9 Å². The van der Waals surface area contributed by atoms with Crippen LogP contribution in [0.1, 0.15) is 478 Å². The number of hydrogen-bond acceptors (Lipinski definition) is 21. The van der Waals surface area contributed by atoms with Crippen molar-refractivity contribution in [3.8, 4) is 0 Å². The predicted molar refractivity (Wildman–Crippen MR) is 551 cm³/mol. The predicted octanol–water partition coefficient (Wildman–Crippen LogP) is 21.6. The first-order valence-corrected chi connectivity index (χ1v) is 55.0. The number of carboxylic acids is 1. The number of hydrogen-bond donors (Lipinski definition) is 11. The van der Waals surface area contributed by atoms with E-state index < -0.39 is 155 Å². The second kappa shape index (κ2) is 80.1. The molecule has 0 aliphatic carbocycles. The van der Waals surface area contributed by atoms with E-state index in [1.807, 2.05) is 0 Å². The van der Waals surface area contributed by atoms with E-state index >= 15 is 19.2 Å². The maximum absolute atomic E-state index is 15.4. The van der Waals surface area contributed by atoms with Crippen molar-refractivity contribution in [2.75, 3.05) is 50.9 Å². The van der Waals surface area contributed by atoms with Gasteiger partial charge >= 0.3 is 42.3 Å². The van der Waals surface area contributed by atoms with Crippen LogP contribution in [0.15, 0.2) is 0 Å². The number of alkyl carbamates (subject to hydrolysis) is 4. The lowest BCUT2D eigenvalue weighted by Gasteiger charge is -2.29. The normalized spacial score (nSPS) is 13.3. The molecule has 1 unspecified atom stereocenters. The van der Waals surface area contributed by atoms with E-state index in [2.05, 4.69) is 73.9 Å². The van der Waals surface area contributed by atoms with Crippen LogP contribution < -0.4 is 53.2 Å². The third-order valence-corrected chi connectivity index (χ3v) is 24.1. The zero-order valence-electron chi connectivity index (χ0n) is 89.6. The first kappa shape index (κ1) is 131. The van der Waals surface area contributed by atoms with Gasteiger partial charge in [-0.3, -0.25) is 38.4 Å². The zero-order chi connectivity index (χ0) is 103. The number of thioether (sulfide) groups is 1. The molecule has 0 saturated heterocycles. The fourth-order valence-electron chi connectivity index (χ4n) is 15.3. The number of amides is 10. The third kappa shape index (κ3) is 82.2. The highest BCUT2D eigenvalue weighted by molar-refractivity contribution is 7.99. The van der Waals surface area contributed by atoms with Gasteiger partial charge in [0.15, 0.2) is 0 Å². The van der Waals surface area contributed by atoms with Crippen LogP contribution in [0.5, 0.6) is 0 Å². The van der Waals surface area contributed by atoms with Gasteiger partial charge < -0.3 is 91.4 Å². The summed E-state index contributed by atoms with van der Waals surface area (Å²) in [5.74, 6) is -7.06. The molecule has 0 bridgehead atoms. The van der Waals surface area contributed by atoms with Gasteiger partial charge in [-0.15, -0.1) is 0 Å². The highest BCUT2D eigenvalue weighted by atomic mass is 32.2. The summed E-state index contributed by atoms with van der Waals surface area (Å²) in [6.07, 6.45) is 43.5. The zero-order valence-corrected chi connectivity index (χ0v) is 90.4. The van der Waals surface area contributed by atoms with E-state index in [1.54, 1.807) is 104 Å². The van der Waals surface area contributed by atoms with Gasteiger partial charge in [0.25, 0.3) is 0 Å². The number of nitrogens with one attached hydrogen (secondary N) is 10. The van der Waals surface area contributed by atoms with Gasteiger partial charge in [-0.1, -0.05) is 258 Å². The number of carbonyl (C=O) groups excluding carboxylic acids is 12. The molecule has 0 aromatic rings. The van der Waals surface area contributed by atoms with Crippen LogP contribution in [-0.4, -0.2) is 204 Å². The minimum absolute atomic E-state index is 0.0610. The van der Waals surface area contributed by atoms with Crippen molar-refractivity contribution in [3.05, 3.63) is 0 Å². The maximum Gasteiger partial charge on any atom is 0.407 e. The van der Waals surface area contributed by atoms with Crippen molar-refractivity contribution < 1.29 is 101 Å². The molecular formula is C106H198N10O21S. The maximum atomic E-state index is 15.4. The van der Waals surface area contributed by atoms with Crippen molar-refractivity contribution in [2.45, 2.75) is 548 Å². The van der Waals surface area contributed by atoms with E-state index in [9.17, 15) is 48.3 Å². The van der Waals surface area contributed by atoms with Crippen LogP contribution in [0.3, 0.4) is 0 Å². The summed E-state index contributed by atoms with van der Waals surface area (Å²) in [7, 11) is 0. The lowest BCUT2D eigenvalue weighted by Crippen LogP contribution is -2.60. The second-order valence-electron chi connectivity index (χ2n) is 42.5. The second-order valence-corrected chi connectivity index (χ2v) is 43.6. The fraction of sp³-hybridized carbons (Fsp3) is 0.877. The van der Waals surface area contributed by atoms with Crippen LogP contribution in [0, 0.1) is 0 Å². The largest absolute Gasteiger partial charge is 0.480 e. The van der Waals surface area contributed by atoms with E-state index in [4.69, 9.17) is 33.2 Å².